The third-order valence-electron chi connectivity index (χ3n) is 3.50. The first-order valence-corrected chi connectivity index (χ1v) is 7.04. The number of unbranched alkanes of at least 4 members (excludes halogenated alkanes) is 2. The Labute approximate surface area is 106 Å². The molecule has 1 aliphatic carbocycles. The summed E-state index contributed by atoms with van der Waals surface area (Å²) in [6.45, 7) is 6.11. The largest absolute Gasteiger partial charge is 0.378 e. The fourth-order valence-corrected chi connectivity index (χ4v) is 2.41. The molecule has 0 aromatic rings. The van der Waals surface area contributed by atoms with Crippen LogP contribution in [0.1, 0.15) is 58.8 Å². The average Bonchev–Trinajstić information content (AvgIpc) is 2.77. The lowest BCUT2D eigenvalue weighted by molar-refractivity contribution is 0.0522. The molecule has 1 N–H and O–H groups in total. The Kier molecular flexibility index (Phi) is 6.54. The molecule has 1 saturated carbocycles. The van der Waals surface area contributed by atoms with Gasteiger partial charge in [-0.2, -0.15) is 5.26 Å². The molecule has 0 aromatic heterocycles. The van der Waals surface area contributed by atoms with Crippen molar-refractivity contribution in [1.82, 2.24) is 5.32 Å². The van der Waals surface area contributed by atoms with Crippen LogP contribution in [0, 0.1) is 11.3 Å². The highest BCUT2D eigenvalue weighted by atomic mass is 16.5. The van der Waals surface area contributed by atoms with Crippen molar-refractivity contribution in [2.75, 3.05) is 13.2 Å². The fraction of sp³-hybridized carbons (Fsp3) is 0.929. The highest BCUT2D eigenvalue weighted by molar-refractivity contribution is 5.12. The van der Waals surface area contributed by atoms with E-state index in [0.717, 1.165) is 45.3 Å². The molecule has 2 unspecified atom stereocenters. The smallest absolute Gasteiger partial charge is 0.109 e. The van der Waals surface area contributed by atoms with Gasteiger partial charge in [0.1, 0.15) is 5.54 Å². The van der Waals surface area contributed by atoms with Crippen molar-refractivity contribution >= 4 is 0 Å². The van der Waals surface area contributed by atoms with E-state index in [1.807, 2.05) is 0 Å². The van der Waals surface area contributed by atoms with E-state index in [4.69, 9.17) is 4.74 Å². The minimum atomic E-state index is -0.314. The molecule has 0 aliphatic heterocycles. The van der Waals surface area contributed by atoms with Gasteiger partial charge in [0.15, 0.2) is 0 Å². The van der Waals surface area contributed by atoms with E-state index < -0.39 is 0 Å². The summed E-state index contributed by atoms with van der Waals surface area (Å²) in [5.41, 5.74) is -0.314. The minimum absolute atomic E-state index is 0.288. The Balaban J connectivity index is 2.27. The molecule has 2 atom stereocenters. The standard InChI is InChI=1S/C14H26N2O/c1-3-5-6-10-17-13-7-8-14(11-13,12-15)16-9-4-2/h13,16H,3-11H2,1-2H3. The highest BCUT2D eigenvalue weighted by Gasteiger charge is 2.39. The summed E-state index contributed by atoms with van der Waals surface area (Å²) in [5.74, 6) is 0. The predicted molar refractivity (Wildman–Crippen MR) is 69.8 cm³/mol. The van der Waals surface area contributed by atoms with Crippen molar-refractivity contribution in [2.24, 2.45) is 0 Å². The van der Waals surface area contributed by atoms with Crippen LogP contribution in [0.5, 0.6) is 0 Å². The number of nitrogens with zero attached hydrogens (tertiary/aromatic N) is 1. The van der Waals surface area contributed by atoms with Crippen LogP contribution in [0.15, 0.2) is 0 Å². The number of hydrogen-bond acceptors (Lipinski definition) is 3. The first-order chi connectivity index (χ1) is 8.26. The molecule has 1 aliphatic rings. The Morgan fingerprint density at radius 1 is 1.35 bits per heavy atom. The van der Waals surface area contributed by atoms with Gasteiger partial charge in [-0.25, -0.2) is 0 Å². The van der Waals surface area contributed by atoms with Gasteiger partial charge in [0.25, 0.3) is 0 Å². The van der Waals surface area contributed by atoms with Crippen LogP contribution in [0.2, 0.25) is 0 Å². The van der Waals surface area contributed by atoms with E-state index in [9.17, 15) is 5.26 Å². The lowest BCUT2D eigenvalue weighted by atomic mass is 9.99. The predicted octanol–water partition coefficient (Wildman–Crippen LogP) is 3.01. The van der Waals surface area contributed by atoms with Crippen LogP contribution in [0.3, 0.4) is 0 Å². The van der Waals surface area contributed by atoms with Crippen LogP contribution in [-0.4, -0.2) is 24.8 Å². The molecule has 0 bridgehead atoms. The van der Waals surface area contributed by atoms with Crippen molar-refractivity contribution in [3.63, 3.8) is 0 Å². The van der Waals surface area contributed by atoms with Crippen molar-refractivity contribution < 1.29 is 4.74 Å². The number of nitriles is 1. The molecule has 1 fully saturated rings. The summed E-state index contributed by atoms with van der Waals surface area (Å²) < 4.78 is 5.85. The van der Waals surface area contributed by atoms with Gasteiger partial charge in [-0.1, -0.05) is 26.7 Å². The maximum absolute atomic E-state index is 9.30. The summed E-state index contributed by atoms with van der Waals surface area (Å²) >= 11 is 0. The second kappa shape index (κ2) is 7.68. The van der Waals surface area contributed by atoms with Gasteiger partial charge in [0.2, 0.25) is 0 Å². The average molecular weight is 238 g/mol. The summed E-state index contributed by atoms with van der Waals surface area (Å²) in [5, 5.41) is 12.7. The zero-order valence-electron chi connectivity index (χ0n) is 11.3. The molecule has 1 rings (SSSR count). The molecule has 0 radical (unpaired) electrons. The summed E-state index contributed by atoms with van der Waals surface area (Å²) in [6, 6.07) is 2.45. The van der Waals surface area contributed by atoms with Crippen LogP contribution in [-0.2, 0) is 4.74 Å². The SMILES string of the molecule is CCCCCOC1CCC(C#N)(NCCC)C1. The molecule has 0 aromatic carbocycles. The fourth-order valence-electron chi connectivity index (χ4n) is 2.41. The summed E-state index contributed by atoms with van der Waals surface area (Å²) in [6.07, 6.45) is 7.79. The van der Waals surface area contributed by atoms with Crippen molar-refractivity contribution in [1.29, 1.82) is 5.26 Å². The Hall–Kier alpha value is -0.590. The number of nitrogens with one attached hydrogen (secondary N) is 1. The van der Waals surface area contributed by atoms with E-state index in [1.54, 1.807) is 0 Å². The Bertz CT molecular complexity index is 249. The van der Waals surface area contributed by atoms with Crippen LogP contribution >= 0.6 is 0 Å². The lowest BCUT2D eigenvalue weighted by Crippen LogP contribution is -2.42. The number of ether oxygens (including phenoxy) is 1. The monoisotopic (exact) mass is 238 g/mol. The Morgan fingerprint density at radius 3 is 2.82 bits per heavy atom. The van der Waals surface area contributed by atoms with Gasteiger partial charge in [0, 0.05) is 13.0 Å². The molecule has 17 heavy (non-hydrogen) atoms. The zero-order valence-corrected chi connectivity index (χ0v) is 11.3. The van der Waals surface area contributed by atoms with Gasteiger partial charge < -0.3 is 4.74 Å². The second-order valence-electron chi connectivity index (χ2n) is 5.06. The highest BCUT2D eigenvalue weighted by Crippen LogP contribution is 2.31. The first kappa shape index (κ1) is 14.5. The van der Waals surface area contributed by atoms with Crippen LogP contribution < -0.4 is 5.32 Å². The van der Waals surface area contributed by atoms with Gasteiger partial charge in [-0.05, 0) is 32.2 Å². The normalized spacial score (nSPS) is 28.2. The molecular formula is C14H26N2O. The lowest BCUT2D eigenvalue weighted by Gasteiger charge is -2.22. The third kappa shape index (κ3) is 4.65. The second-order valence-corrected chi connectivity index (χ2v) is 5.06. The summed E-state index contributed by atoms with van der Waals surface area (Å²) in [4.78, 5) is 0. The molecule has 3 heteroatoms. The third-order valence-corrected chi connectivity index (χ3v) is 3.50. The van der Waals surface area contributed by atoms with E-state index in [-0.39, 0.29) is 11.6 Å². The summed E-state index contributed by atoms with van der Waals surface area (Å²) in [7, 11) is 0. The van der Waals surface area contributed by atoms with Crippen LogP contribution in [0.25, 0.3) is 0 Å². The maximum atomic E-state index is 9.30. The van der Waals surface area contributed by atoms with E-state index in [0.29, 0.717) is 0 Å². The maximum Gasteiger partial charge on any atom is 0.109 e. The van der Waals surface area contributed by atoms with Gasteiger partial charge >= 0.3 is 0 Å². The topological polar surface area (TPSA) is 45.0 Å². The van der Waals surface area contributed by atoms with Gasteiger partial charge in [0.05, 0.1) is 12.2 Å². The number of hydrogen-bond donors (Lipinski definition) is 1. The molecule has 0 amide bonds. The van der Waals surface area contributed by atoms with E-state index >= 15 is 0 Å². The molecular weight excluding hydrogens is 212 g/mol. The molecule has 0 saturated heterocycles. The van der Waals surface area contributed by atoms with Crippen molar-refractivity contribution in [3.8, 4) is 6.07 Å². The molecule has 0 spiro atoms. The first-order valence-electron chi connectivity index (χ1n) is 7.04. The van der Waals surface area contributed by atoms with E-state index in [2.05, 4.69) is 25.2 Å². The Morgan fingerprint density at radius 2 is 2.18 bits per heavy atom. The van der Waals surface area contributed by atoms with Crippen molar-refractivity contribution in [2.45, 2.75) is 70.4 Å². The van der Waals surface area contributed by atoms with Gasteiger partial charge in [-0.15, -0.1) is 0 Å². The molecule has 3 nitrogen and oxygen atoms in total. The van der Waals surface area contributed by atoms with Gasteiger partial charge in [-0.3, -0.25) is 5.32 Å². The van der Waals surface area contributed by atoms with E-state index in [1.165, 1.54) is 12.8 Å². The van der Waals surface area contributed by atoms with Crippen LogP contribution in [0.4, 0.5) is 0 Å². The van der Waals surface area contributed by atoms with Crippen molar-refractivity contribution in [3.05, 3.63) is 0 Å². The zero-order chi connectivity index (χ0) is 12.6. The number of rotatable bonds is 8. The molecule has 98 valence electrons. The minimum Gasteiger partial charge on any atom is -0.378 e. The quantitative estimate of drug-likeness (QED) is 0.661. The molecule has 0 heterocycles.